The summed E-state index contributed by atoms with van der Waals surface area (Å²) in [5.74, 6) is -7.33. The highest BCUT2D eigenvalue weighted by Crippen LogP contribution is 2.52. The van der Waals surface area contributed by atoms with Gasteiger partial charge < -0.3 is 50.0 Å². The third-order valence-electron chi connectivity index (χ3n) is 14.5. The number of aromatic hydroxyl groups is 2. The summed E-state index contributed by atoms with van der Waals surface area (Å²) in [6, 6.07) is 19.5. The molecule has 0 radical (unpaired) electrons. The van der Waals surface area contributed by atoms with E-state index < -0.39 is 88.7 Å². The highest BCUT2D eigenvalue weighted by molar-refractivity contribution is 6.21. The number of aliphatic hydroxyl groups is 2. The van der Waals surface area contributed by atoms with Crippen LogP contribution in [0, 0.1) is 30.6 Å². The van der Waals surface area contributed by atoms with Crippen LogP contribution in [0.3, 0.4) is 0 Å². The molecule has 4 heterocycles. The Morgan fingerprint density at radius 2 is 1.45 bits per heavy atom. The molecule has 4 aliphatic heterocycles. The van der Waals surface area contributed by atoms with Crippen molar-refractivity contribution in [3.63, 3.8) is 0 Å². The van der Waals surface area contributed by atoms with Gasteiger partial charge in [-0.2, -0.15) is 0 Å². The van der Waals surface area contributed by atoms with Gasteiger partial charge in [0.15, 0.2) is 5.75 Å². The fourth-order valence-corrected chi connectivity index (χ4v) is 10.5. The van der Waals surface area contributed by atoms with E-state index in [2.05, 4.69) is 15.6 Å². The van der Waals surface area contributed by atoms with Crippen molar-refractivity contribution in [2.75, 3.05) is 12.4 Å². The number of nitrogens with one attached hydrogen (secondary N) is 2. The monoisotopic (exact) mass is 942 g/mol. The van der Waals surface area contributed by atoms with E-state index in [0.717, 1.165) is 11.1 Å². The predicted molar refractivity (Wildman–Crippen MR) is 258 cm³/mol. The number of benzene rings is 4. The number of ether oxygens (including phenoxy) is 4. The average molecular weight is 943 g/mol. The topological polar surface area (TPSA) is 218 Å². The number of hydrogen-bond donors (Lipinski definition) is 6. The fraction of sp³-hybridized carbons (Fsp3) is 0.426. The number of carbonyl (C=O) groups excluding carboxylic acids is 3. The molecule has 364 valence electrons. The van der Waals surface area contributed by atoms with Gasteiger partial charge in [0.1, 0.15) is 34.0 Å². The molecular formula is C54H62N4O11. The lowest BCUT2D eigenvalue weighted by Crippen LogP contribution is -2.48. The molecule has 0 aromatic heterocycles. The quantitative estimate of drug-likeness (QED) is 0.0912. The molecule has 1 spiro atoms. The number of carbonyl (C=O) groups is 3. The Balaban J connectivity index is 1.34. The molecule has 6 N–H and O–H groups in total. The first kappa shape index (κ1) is 49.0. The Bertz CT molecular complexity index is 2840. The first-order valence-corrected chi connectivity index (χ1v) is 23.5. The maximum atomic E-state index is 15.0. The number of Topliss-reactive ketones (excluding diaryl/α,β-unsaturated/α-hetero) is 1. The van der Waals surface area contributed by atoms with Gasteiger partial charge in [-0.05, 0) is 31.1 Å². The summed E-state index contributed by atoms with van der Waals surface area (Å²) in [7, 11) is 1.47. The van der Waals surface area contributed by atoms with Gasteiger partial charge in [-0.25, -0.2) is 4.99 Å². The second-order valence-electron chi connectivity index (χ2n) is 19.3. The molecule has 1 saturated heterocycles. The zero-order chi connectivity index (χ0) is 49.7. The molecule has 4 aromatic rings. The fourth-order valence-electron chi connectivity index (χ4n) is 10.5. The predicted octanol–water partition coefficient (Wildman–Crippen LogP) is 6.86. The molecular weight excluding hydrogens is 881 g/mol. The van der Waals surface area contributed by atoms with E-state index in [1.165, 1.54) is 33.3 Å². The highest BCUT2D eigenvalue weighted by Gasteiger charge is 2.51. The van der Waals surface area contributed by atoms with Gasteiger partial charge in [-0.3, -0.25) is 19.4 Å². The third kappa shape index (κ3) is 9.04. The molecule has 4 aromatic carbocycles. The van der Waals surface area contributed by atoms with Gasteiger partial charge in [0, 0.05) is 86.1 Å². The van der Waals surface area contributed by atoms with Crippen molar-refractivity contribution in [3.8, 4) is 17.2 Å². The van der Waals surface area contributed by atoms with Crippen molar-refractivity contribution in [3.05, 3.63) is 130 Å². The first-order valence-electron chi connectivity index (χ1n) is 23.5. The summed E-state index contributed by atoms with van der Waals surface area (Å²) >= 11 is 0. The maximum absolute atomic E-state index is 15.0. The Morgan fingerprint density at radius 1 is 0.826 bits per heavy atom. The van der Waals surface area contributed by atoms with Crippen LogP contribution in [0.1, 0.15) is 100 Å². The largest absolute Gasteiger partial charge is 0.507 e. The number of allylic oxidation sites excluding steroid dienone is 2. The molecule has 1 amide bonds. The molecule has 12 atom stereocenters. The van der Waals surface area contributed by atoms with E-state index >= 15 is 4.79 Å². The number of rotatable bonds is 4. The van der Waals surface area contributed by atoms with Crippen LogP contribution >= 0.6 is 0 Å². The lowest BCUT2D eigenvalue weighted by Gasteiger charge is -2.42. The van der Waals surface area contributed by atoms with Gasteiger partial charge in [-0.15, -0.1) is 0 Å². The molecule has 4 bridgehead atoms. The highest BCUT2D eigenvalue weighted by atomic mass is 16.7. The third-order valence-corrected chi connectivity index (χ3v) is 14.5. The van der Waals surface area contributed by atoms with Crippen LogP contribution in [0.2, 0.25) is 0 Å². The van der Waals surface area contributed by atoms with Crippen molar-refractivity contribution in [1.29, 1.82) is 0 Å². The summed E-state index contributed by atoms with van der Waals surface area (Å²) in [4.78, 5) is 51.6. The van der Waals surface area contributed by atoms with Crippen LogP contribution in [0.5, 0.6) is 17.2 Å². The van der Waals surface area contributed by atoms with E-state index in [4.69, 9.17) is 23.9 Å². The summed E-state index contributed by atoms with van der Waals surface area (Å²) < 4.78 is 24.3. The minimum Gasteiger partial charge on any atom is -0.507 e. The Labute approximate surface area is 401 Å². The summed E-state index contributed by atoms with van der Waals surface area (Å²) in [5, 5.41) is 55.1. The maximum Gasteiger partial charge on any atom is 0.312 e. The van der Waals surface area contributed by atoms with Crippen LogP contribution < -0.4 is 26.1 Å². The number of phenolic OH excluding ortho intramolecular Hbond substituents is 2. The van der Waals surface area contributed by atoms with Crippen molar-refractivity contribution in [2.45, 2.75) is 116 Å². The molecule has 69 heavy (non-hydrogen) atoms. The zero-order valence-corrected chi connectivity index (χ0v) is 40.4. The molecule has 1 fully saturated rings. The molecule has 4 aliphatic rings. The number of hydrogen-bond acceptors (Lipinski definition) is 14. The molecule has 15 nitrogen and oxygen atoms in total. The van der Waals surface area contributed by atoms with Crippen LogP contribution in [-0.4, -0.2) is 81.1 Å². The number of amides is 1. The number of phenols is 2. The minimum atomic E-state index is -2.00. The van der Waals surface area contributed by atoms with Crippen LogP contribution in [0.4, 0.5) is 5.69 Å². The summed E-state index contributed by atoms with van der Waals surface area (Å²) in [6.45, 7) is 12.8. The number of fused-ring (bicyclic) bond motifs is 1. The zero-order valence-electron chi connectivity index (χ0n) is 40.4. The number of esters is 1. The van der Waals surface area contributed by atoms with E-state index in [1.54, 1.807) is 59.8 Å². The van der Waals surface area contributed by atoms with Crippen molar-refractivity contribution in [1.82, 2.24) is 5.32 Å². The molecule has 0 saturated carbocycles. The van der Waals surface area contributed by atoms with Crippen LogP contribution in [0.15, 0.2) is 107 Å². The summed E-state index contributed by atoms with van der Waals surface area (Å²) in [5.41, 5.74) is 1.54. The second-order valence-corrected chi connectivity index (χ2v) is 19.3. The van der Waals surface area contributed by atoms with Crippen LogP contribution in [-0.2, 0) is 23.8 Å². The molecule has 8 rings (SSSR count). The minimum absolute atomic E-state index is 0.0176. The van der Waals surface area contributed by atoms with Gasteiger partial charge >= 0.3 is 11.8 Å². The average Bonchev–Trinajstić information content (AvgIpc) is 3.83. The Morgan fingerprint density at radius 3 is 2.04 bits per heavy atom. The number of nitrogens with zero attached hydrogens (tertiary/aromatic N) is 2. The molecule has 1 unspecified atom stereocenters. The number of aliphatic hydroxyl groups excluding tert-OH is 2. The second kappa shape index (κ2) is 19.2. The standard InChI is InChI=1S/C54H62N4O11/c1-27-17-16-18-28(2)52(65)56-44-43-42(57-54(58-43)25-36(34-19-12-10-13-20-34)55-37(26-54)35-21-14-11-15-22-35)39-40(48(44)63)47(62)32(6)50-41(39)51(64)53(8,69-50)67-24-23-38(66-9)29(3)49(68-33(7)59)31(5)46(61)30(4)45(27)60/h10-24,27,29-31,36-38,45-46,49,55,57,60-63H,25-26H2,1-9H3/b17-16-,24-23?,28-18-,56-44?/t27-,29+,30+,31-,36-,37+,38-,45-,46-,49+,53-,54?/m0/s1. The van der Waals surface area contributed by atoms with Crippen molar-refractivity contribution >= 4 is 34.1 Å². The Kier molecular flexibility index (Phi) is 13.6. The van der Waals surface area contributed by atoms with Crippen molar-refractivity contribution in [2.24, 2.45) is 33.7 Å². The lowest BCUT2D eigenvalue weighted by atomic mass is 9.78. The summed E-state index contributed by atoms with van der Waals surface area (Å²) in [6.07, 6.45) is 4.61. The van der Waals surface area contributed by atoms with Gasteiger partial charge in [0.2, 0.25) is 0 Å². The first-order chi connectivity index (χ1) is 32.8. The smallest absolute Gasteiger partial charge is 0.312 e. The Hall–Kier alpha value is -6.39. The molecule has 15 heteroatoms. The number of ketones is 1. The van der Waals surface area contributed by atoms with Crippen molar-refractivity contribution < 1.29 is 53.8 Å². The number of anilines is 1. The van der Waals surface area contributed by atoms with Crippen LogP contribution in [0.25, 0.3) is 10.8 Å². The number of methoxy groups -OCH3 is 1. The van der Waals surface area contributed by atoms with Gasteiger partial charge in [0.25, 0.3) is 11.7 Å². The lowest BCUT2D eigenvalue weighted by molar-refractivity contribution is -0.160. The number of piperidine rings is 1. The van der Waals surface area contributed by atoms with E-state index in [0.29, 0.717) is 12.8 Å². The van der Waals surface area contributed by atoms with Gasteiger partial charge in [-0.1, -0.05) is 107 Å². The van der Waals surface area contributed by atoms with E-state index in [9.17, 15) is 30.0 Å². The van der Waals surface area contributed by atoms with E-state index in [1.807, 2.05) is 60.7 Å². The van der Waals surface area contributed by atoms with E-state index in [-0.39, 0.29) is 61.7 Å². The molecule has 0 aliphatic carbocycles. The van der Waals surface area contributed by atoms with Gasteiger partial charge in [0.05, 0.1) is 41.2 Å². The normalized spacial score (nSPS) is 32.8. The SMILES string of the molecule is CO[C@H]1C=CO[C@@]2(C)Oc3c(C)c(O)c4c(O)c(c5c(c4c3C2=O)NC2(C[C@@H](c3ccccc3)N[C@@H](c3ccccc3)C2)N=5)=NC(=O)/C(C)=C\C=C/[C@H](C)[C@H](O)[C@@H](C)[C@H](O)[C@H](C)[C@H](OC(C)=O)[C@@H]1C.